The highest BCUT2D eigenvalue weighted by Gasteiger charge is 2.56. The molecule has 41 heavy (non-hydrogen) atoms. The molecule has 2 aromatic carbocycles. The normalized spacial score (nSPS) is 14.6. The van der Waals surface area contributed by atoms with Crippen LogP contribution in [0.4, 0.5) is 17.6 Å². The summed E-state index contributed by atoms with van der Waals surface area (Å²) >= 11 is 13.6. The monoisotopic (exact) mass is 731 g/mol. The highest BCUT2D eigenvalue weighted by atomic mass is 127. The van der Waals surface area contributed by atoms with Crippen LogP contribution in [0.3, 0.4) is 0 Å². The van der Waals surface area contributed by atoms with Crippen molar-refractivity contribution >= 4 is 51.9 Å². The highest BCUT2D eigenvalue weighted by Crippen LogP contribution is 2.41. The number of hydrogen-bond acceptors (Lipinski definition) is 7. The summed E-state index contributed by atoms with van der Waals surface area (Å²) in [7, 11) is 1.30. The molecule has 0 bridgehead atoms. The van der Waals surface area contributed by atoms with Gasteiger partial charge in [-0.2, -0.15) is 13.2 Å². The zero-order chi connectivity index (χ0) is 30.6. The predicted octanol–water partition coefficient (Wildman–Crippen LogP) is 5.45. The van der Waals surface area contributed by atoms with Gasteiger partial charge in [-0.3, -0.25) is 4.79 Å². The molecule has 8 nitrogen and oxygen atoms in total. The molecule has 1 heterocycles. The zero-order valence-corrected chi connectivity index (χ0v) is 25.1. The molecule has 4 N–H and O–H groups in total. The van der Waals surface area contributed by atoms with Gasteiger partial charge in [0.15, 0.2) is 11.5 Å². The van der Waals surface area contributed by atoms with Gasteiger partial charge in [0.1, 0.15) is 16.0 Å². The van der Waals surface area contributed by atoms with Crippen LogP contribution in [0.15, 0.2) is 48.5 Å². The van der Waals surface area contributed by atoms with Crippen LogP contribution in [0, 0.1) is 5.82 Å². The molecule has 1 amide bonds. The Balaban J connectivity index is 2.05. The number of nitrogens with one attached hydrogen (secondary N) is 2. The third-order valence-electron chi connectivity index (χ3n) is 5.93. The number of halogens is 7. The Morgan fingerprint density at radius 1 is 1.12 bits per heavy atom. The number of methoxy groups -OCH3 is 1. The maximum absolute atomic E-state index is 14.5. The first kappa shape index (κ1) is 33.1. The first-order chi connectivity index (χ1) is 19.2. The average Bonchev–Trinajstić information content (AvgIpc) is 2.94. The van der Waals surface area contributed by atoms with Crippen molar-refractivity contribution in [1.82, 2.24) is 15.1 Å². The van der Waals surface area contributed by atoms with E-state index in [9.17, 15) is 27.5 Å². The molecule has 1 unspecified atom stereocenters. The number of aliphatic hydroxyl groups is 2. The quantitative estimate of drug-likeness (QED) is 0.0683. The van der Waals surface area contributed by atoms with Gasteiger partial charge in [0.2, 0.25) is 5.60 Å². The lowest BCUT2D eigenvalue weighted by Crippen LogP contribution is -2.51. The predicted molar refractivity (Wildman–Crippen MR) is 153 cm³/mol. The Kier molecular flexibility index (Phi) is 10.7. The summed E-state index contributed by atoms with van der Waals surface area (Å²) in [4.78, 5) is 19.3. The van der Waals surface area contributed by atoms with E-state index in [1.54, 1.807) is 6.92 Å². The molecule has 0 aliphatic rings. The molecule has 0 fully saturated rings. The van der Waals surface area contributed by atoms with Gasteiger partial charge in [-0.1, -0.05) is 34.2 Å². The number of carbonyl (C=O) groups excluding carboxylic acids is 1. The van der Waals surface area contributed by atoms with Crippen LogP contribution >= 0.6 is 46.0 Å². The first-order valence-corrected chi connectivity index (χ1v) is 13.5. The third-order valence-corrected chi connectivity index (χ3v) is 7.81. The minimum Gasteiger partial charge on any atom is -0.493 e. The van der Waals surface area contributed by atoms with Gasteiger partial charge in [-0.25, -0.2) is 14.2 Å². The average molecular weight is 732 g/mol. The van der Waals surface area contributed by atoms with E-state index in [0.29, 0.717) is 0 Å². The molecule has 3 aromatic rings. The van der Waals surface area contributed by atoms with Gasteiger partial charge in [-0.05, 0) is 72.8 Å². The molecule has 0 saturated heterocycles. The molecule has 15 heteroatoms. The van der Waals surface area contributed by atoms with Crippen LogP contribution in [-0.2, 0) is 9.15 Å². The SMILES string of the molecule is COc1cc(C(=O)NC[C@](O)(c2cc(C(C)(I)NCl)cc(-c3ccc(F)c(Cl)c3)n2)C(F)(F)F)ccc1OCCO. The van der Waals surface area contributed by atoms with E-state index in [0.717, 1.165) is 12.1 Å². The van der Waals surface area contributed by atoms with Crippen LogP contribution in [-0.4, -0.2) is 54.1 Å². The van der Waals surface area contributed by atoms with Crippen LogP contribution in [0.25, 0.3) is 11.3 Å². The van der Waals surface area contributed by atoms with Gasteiger partial charge in [-0.15, -0.1) is 0 Å². The Labute approximate surface area is 256 Å². The van der Waals surface area contributed by atoms with Gasteiger partial charge >= 0.3 is 6.18 Å². The molecule has 2 atom stereocenters. The summed E-state index contributed by atoms with van der Waals surface area (Å²) in [5.41, 5.74) is -4.30. The number of hydrogen-bond donors (Lipinski definition) is 4. The Morgan fingerprint density at radius 3 is 2.41 bits per heavy atom. The molecule has 0 aliphatic carbocycles. The maximum Gasteiger partial charge on any atom is 0.424 e. The fourth-order valence-electron chi connectivity index (χ4n) is 3.60. The molecule has 1 aromatic heterocycles. The number of nitrogens with zero attached hydrogens (tertiary/aromatic N) is 1. The molecule has 0 spiro atoms. The van der Waals surface area contributed by atoms with Crippen molar-refractivity contribution in [2.45, 2.75) is 22.2 Å². The lowest BCUT2D eigenvalue weighted by molar-refractivity contribution is -0.265. The van der Waals surface area contributed by atoms with Crippen LogP contribution in [0.5, 0.6) is 11.5 Å². The summed E-state index contributed by atoms with van der Waals surface area (Å²) in [5, 5.41) is 21.8. The van der Waals surface area contributed by atoms with Crippen molar-refractivity contribution in [3.8, 4) is 22.8 Å². The molecule has 3 rings (SSSR count). The fraction of sp³-hybridized carbons (Fsp3) is 0.308. The number of amides is 1. The molecule has 0 radical (unpaired) electrons. The Morgan fingerprint density at radius 2 is 1.83 bits per heavy atom. The van der Waals surface area contributed by atoms with Crippen LogP contribution in [0.2, 0.25) is 5.02 Å². The smallest absolute Gasteiger partial charge is 0.424 e. The lowest BCUT2D eigenvalue weighted by atomic mass is 9.93. The maximum atomic E-state index is 14.5. The highest BCUT2D eigenvalue weighted by molar-refractivity contribution is 14.1. The topological polar surface area (TPSA) is 113 Å². The molecule has 0 aliphatic heterocycles. The van der Waals surface area contributed by atoms with Gasteiger partial charge in [0.05, 0.1) is 36.7 Å². The molecular formula is C26H24Cl2F4IN3O5. The summed E-state index contributed by atoms with van der Waals surface area (Å²) < 4.78 is 66.5. The summed E-state index contributed by atoms with van der Waals surface area (Å²) in [6.07, 6.45) is -5.31. The van der Waals surface area contributed by atoms with Crippen molar-refractivity contribution in [1.29, 1.82) is 0 Å². The van der Waals surface area contributed by atoms with Gasteiger partial charge in [0, 0.05) is 11.1 Å². The second-order valence-corrected chi connectivity index (χ2v) is 11.6. The van der Waals surface area contributed by atoms with Gasteiger partial charge in [0.25, 0.3) is 5.91 Å². The number of aromatic nitrogens is 1. The van der Waals surface area contributed by atoms with E-state index in [2.05, 4.69) is 15.1 Å². The molecule has 0 saturated carbocycles. The second kappa shape index (κ2) is 13.3. The number of carbonyl (C=O) groups is 1. The fourth-order valence-corrected chi connectivity index (χ4v) is 4.20. The van der Waals surface area contributed by atoms with Crippen molar-refractivity contribution in [2.75, 3.05) is 26.9 Å². The van der Waals surface area contributed by atoms with E-state index < -0.39 is 39.3 Å². The van der Waals surface area contributed by atoms with Crippen molar-refractivity contribution in [2.24, 2.45) is 0 Å². The van der Waals surface area contributed by atoms with Crippen molar-refractivity contribution < 1.29 is 42.0 Å². The van der Waals surface area contributed by atoms with Gasteiger partial charge < -0.3 is 25.0 Å². The lowest BCUT2D eigenvalue weighted by Gasteiger charge is -2.32. The van der Waals surface area contributed by atoms with E-state index in [-0.39, 0.29) is 52.1 Å². The first-order valence-electron chi connectivity index (χ1n) is 11.7. The largest absolute Gasteiger partial charge is 0.493 e. The van der Waals surface area contributed by atoms with Crippen molar-refractivity contribution in [3.05, 3.63) is 76.2 Å². The molecular weight excluding hydrogens is 708 g/mol. The molecule has 222 valence electrons. The summed E-state index contributed by atoms with van der Waals surface area (Å²) in [6.45, 7) is -0.0674. The number of alkyl halides is 4. The minimum atomic E-state index is -5.31. The van der Waals surface area contributed by atoms with Crippen LogP contribution in [0.1, 0.15) is 28.5 Å². The number of aliphatic hydroxyl groups excluding tert-OH is 1. The van der Waals surface area contributed by atoms with Crippen molar-refractivity contribution in [3.63, 3.8) is 0 Å². The third kappa shape index (κ3) is 7.51. The standard InChI is InChI=1S/C26H24Cl2F4IN3O5/c1-24(33,36-28)16-11-19(14-3-5-18(29)17(27)9-14)35-22(12-16)25(39,26(30,31)32)13-34-23(38)15-4-6-20(41-8-7-37)21(10-15)40-2/h3-6,9-12,36-37,39H,7-8,13H2,1-2H3,(H,34,38)/t24?,25-/m0/s1. The second-order valence-electron chi connectivity index (χ2n) is 8.83. The number of benzene rings is 2. The Bertz CT molecular complexity index is 1410. The number of rotatable bonds is 11. The summed E-state index contributed by atoms with van der Waals surface area (Å²) in [6, 6.07) is 9.76. The number of ether oxygens (including phenoxy) is 2. The number of pyridine rings is 1. The summed E-state index contributed by atoms with van der Waals surface area (Å²) in [5.74, 6) is -1.40. The zero-order valence-electron chi connectivity index (χ0n) is 21.5. The van der Waals surface area contributed by atoms with E-state index in [1.165, 1.54) is 43.5 Å². The van der Waals surface area contributed by atoms with Crippen LogP contribution < -0.4 is 19.6 Å². The van der Waals surface area contributed by atoms with E-state index in [1.807, 2.05) is 22.6 Å². The van der Waals surface area contributed by atoms with E-state index >= 15 is 0 Å². The minimum absolute atomic E-state index is 0.0474. The van der Waals surface area contributed by atoms with E-state index in [4.69, 9.17) is 38.0 Å². The Hall–Kier alpha value is -2.43.